The average molecular weight is 535 g/mol. The summed E-state index contributed by atoms with van der Waals surface area (Å²) < 4.78 is 8.11. The van der Waals surface area contributed by atoms with Gasteiger partial charge in [-0.3, -0.25) is 0 Å². The number of esters is 1. The second-order valence-electron chi connectivity index (χ2n) is 5.37. The van der Waals surface area contributed by atoms with Gasteiger partial charge in [0, 0.05) is 14.5 Å². The van der Waals surface area contributed by atoms with E-state index in [1.54, 1.807) is 37.3 Å². The number of nitrogens with two attached hydrogens (primary N) is 1. The molecule has 0 amide bonds. The predicted octanol–water partition coefficient (Wildman–Crippen LogP) is 5.11. The second-order valence-corrected chi connectivity index (χ2v) is 7.89. The van der Waals surface area contributed by atoms with Gasteiger partial charge < -0.3 is 10.5 Å². The van der Waals surface area contributed by atoms with Crippen LogP contribution in [0.3, 0.4) is 0 Å². The molecule has 6 nitrogen and oxygen atoms in total. The van der Waals surface area contributed by atoms with Gasteiger partial charge >= 0.3 is 5.97 Å². The number of hydrogen-bond acceptors (Lipinski definition) is 5. The Kier molecular flexibility index (Phi) is 6.10. The monoisotopic (exact) mass is 532 g/mol. The largest absolute Gasteiger partial charge is 0.461 e. The summed E-state index contributed by atoms with van der Waals surface area (Å²) in [5.74, 6) is -0.632. The standard InChI is InChI=1S/C17H12Br2Cl2N4O2/c1-2-27-17(26)16(15(22)8-3-4-11(20)12(21)5-8)25-14-7-10(19)9(18)6-13(14)23-24-25/h3-7H,2,22H2,1H3/b16-15+. The number of carbonyl (C=O) groups excluding carboxylic acids is 1. The molecule has 10 heteroatoms. The normalized spacial score (nSPS) is 12.2. The summed E-state index contributed by atoms with van der Waals surface area (Å²) in [5, 5.41) is 8.90. The fourth-order valence-electron chi connectivity index (χ4n) is 2.39. The van der Waals surface area contributed by atoms with Crippen molar-refractivity contribution in [3.63, 3.8) is 0 Å². The molecule has 0 saturated carbocycles. The molecule has 0 fully saturated rings. The summed E-state index contributed by atoms with van der Waals surface area (Å²) in [7, 11) is 0. The number of aromatic nitrogens is 3. The Morgan fingerprint density at radius 1 is 1.19 bits per heavy atom. The summed E-state index contributed by atoms with van der Waals surface area (Å²) >= 11 is 18.9. The minimum atomic E-state index is -0.632. The number of halogens is 4. The van der Waals surface area contributed by atoms with E-state index in [2.05, 4.69) is 42.2 Å². The molecule has 0 aliphatic carbocycles. The SMILES string of the molecule is CCOC(=O)/C(=C(\N)c1ccc(Cl)c(Cl)c1)n1nnc2cc(Br)c(Br)cc21. The van der Waals surface area contributed by atoms with Gasteiger partial charge in [0.2, 0.25) is 0 Å². The minimum absolute atomic E-state index is 0.0342. The van der Waals surface area contributed by atoms with Crippen molar-refractivity contribution in [3.8, 4) is 0 Å². The van der Waals surface area contributed by atoms with E-state index >= 15 is 0 Å². The predicted molar refractivity (Wildman–Crippen MR) is 113 cm³/mol. The molecule has 0 aliphatic heterocycles. The van der Waals surface area contributed by atoms with E-state index < -0.39 is 5.97 Å². The van der Waals surface area contributed by atoms with Crippen molar-refractivity contribution >= 4 is 83.5 Å². The summed E-state index contributed by atoms with van der Waals surface area (Å²) in [5.41, 5.74) is 8.14. The van der Waals surface area contributed by atoms with Gasteiger partial charge in [-0.05, 0) is 63.0 Å². The lowest BCUT2D eigenvalue weighted by atomic mass is 10.1. The second kappa shape index (κ2) is 8.18. The Hall–Kier alpha value is -1.61. The molecule has 1 heterocycles. The van der Waals surface area contributed by atoms with Crippen molar-refractivity contribution in [2.75, 3.05) is 6.61 Å². The van der Waals surface area contributed by atoms with Gasteiger partial charge in [-0.2, -0.15) is 0 Å². The highest BCUT2D eigenvalue weighted by atomic mass is 79.9. The zero-order valence-electron chi connectivity index (χ0n) is 13.8. The lowest BCUT2D eigenvalue weighted by molar-refractivity contribution is -0.136. The quantitative estimate of drug-likeness (QED) is 0.371. The Morgan fingerprint density at radius 3 is 2.56 bits per heavy atom. The van der Waals surface area contributed by atoms with E-state index in [9.17, 15) is 4.79 Å². The lowest BCUT2D eigenvalue weighted by Crippen LogP contribution is -2.18. The van der Waals surface area contributed by atoms with Crippen molar-refractivity contribution in [3.05, 3.63) is 54.9 Å². The molecule has 0 saturated heterocycles. The van der Waals surface area contributed by atoms with Crippen LogP contribution in [0.1, 0.15) is 12.5 Å². The summed E-state index contributed by atoms with van der Waals surface area (Å²) in [4.78, 5) is 12.7. The van der Waals surface area contributed by atoms with Gasteiger partial charge in [-0.1, -0.05) is 34.5 Å². The molecule has 27 heavy (non-hydrogen) atoms. The van der Waals surface area contributed by atoms with Crippen LogP contribution in [0.25, 0.3) is 22.4 Å². The molecule has 0 bridgehead atoms. The maximum Gasteiger partial charge on any atom is 0.359 e. The van der Waals surface area contributed by atoms with Gasteiger partial charge in [0.25, 0.3) is 0 Å². The van der Waals surface area contributed by atoms with E-state index in [0.717, 1.165) is 8.95 Å². The number of ether oxygens (including phenoxy) is 1. The van der Waals surface area contributed by atoms with Crippen LogP contribution in [-0.2, 0) is 9.53 Å². The van der Waals surface area contributed by atoms with Crippen LogP contribution in [0.2, 0.25) is 10.0 Å². The first kappa shape index (κ1) is 20.1. The van der Waals surface area contributed by atoms with Crippen LogP contribution in [0.15, 0.2) is 39.3 Å². The summed E-state index contributed by atoms with van der Waals surface area (Å²) in [6, 6.07) is 8.39. The van der Waals surface area contributed by atoms with E-state index in [4.69, 9.17) is 33.7 Å². The third kappa shape index (κ3) is 3.99. The molecule has 0 spiro atoms. The van der Waals surface area contributed by atoms with Crippen molar-refractivity contribution < 1.29 is 9.53 Å². The van der Waals surface area contributed by atoms with Crippen LogP contribution in [-0.4, -0.2) is 27.6 Å². The van der Waals surface area contributed by atoms with Crippen LogP contribution in [0.4, 0.5) is 0 Å². The molecule has 0 atom stereocenters. The number of fused-ring (bicyclic) bond motifs is 1. The number of rotatable bonds is 4. The van der Waals surface area contributed by atoms with Crippen LogP contribution < -0.4 is 5.73 Å². The molecule has 2 N–H and O–H groups in total. The van der Waals surface area contributed by atoms with Gasteiger partial charge in [0.05, 0.1) is 27.9 Å². The minimum Gasteiger partial charge on any atom is -0.461 e. The topological polar surface area (TPSA) is 83.0 Å². The maximum absolute atomic E-state index is 12.7. The van der Waals surface area contributed by atoms with Crippen molar-refractivity contribution in [2.45, 2.75) is 6.92 Å². The molecular weight excluding hydrogens is 523 g/mol. The summed E-state index contributed by atoms with van der Waals surface area (Å²) in [6.07, 6.45) is 0. The molecular formula is C17H12Br2Cl2N4O2. The molecule has 2 aromatic carbocycles. The number of hydrogen-bond donors (Lipinski definition) is 1. The molecule has 140 valence electrons. The number of carbonyl (C=O) groups is 1. The molecule has 0 radical (unpaired) electrons. The highest BCUT2D eigenvalue weighted by Gasteiger charge is 2.23. The Balaban J connectivity index is 2.27. The summed E-state index contributed by atoms with van der Waals surface area (Å²) in [6.45, 7) is 1.89. The van der Waals surface area contributed by atoms with Gasteiger partial charge in [-0.25, -0.2) is 9.48 Å². The maximum atomic E-state index is 12.7. The van der Waals surface area contributed by atoms with E-state index in [1.165, 1.54) is 4.68 Å². The zero-order chi connectivity index (χ0) is 19.7. The number of nitrogens with zero attached hydrogens (tertiary/aromatic N) is 3. The van der Waals surface area contributed by atoms with Crippen molar-refractivity contribution in [2.24, 2.45) is 5.73 Å². The Bertz CT molecular complexity index is 1080. The Morgan fingerprint density at radius 2 is 1.89 bits per heavy atom. The van der Waals surface area contributed by atoms with Crippen molar-refractivity contribution in [1.82, 2.24) is 15.0 Å². The first-order valence-electron chi connectivity index (χ1n) is 7.66. The lowest BCUT2D eigenvalue weighted by Gasteiger charge is -2.12. The molecule has 3 rings (SSSR count). The van der Waals surface area contributed by atoms with Crippen LogP contribution >= 0.6 is 55.1 Å². The van der Waals surface area contributed by atoms with Crippen molar-refractivity contribution in [1.29, 1.82) is 0 Å². The smallest absolute Gasteiger partial charge is 0.359 e. The molecule has 0 unspecified atom stereocenters. The number of benzene rings is 2. The highest BCUT2D eigenvalue weighted by Crippen LogP contribution is 2.31. The first-order valence-corrected chi connectivity index (χ1v) is 10.0. The first-order chi connectivity index (χ1) is 12.8. The molecule has 3 aromatic rings. The zero-order valence-corrected chi connectivity index (χ0v) is 18.5. The third-order valence-electron chi connectivity index (χ3n) is 3.65. The fraction of sp³-hybridized carbons (Fsp3) is 0.118. The third-order valence-corrected chi connectivity index (χ3v) is 6.24. The Labute approximate surface area is 181 Å². The van der Waals surface area contributed by atoms with Crippen LogP contribution in [0, 0.1) is 0 Å². The molecule has 1 aromatic heterocycles. The van der Waals surface area contributed by atoms with E-state index in [-0.39, 0.29) is 18.0 Å². The van der Waals surface area contributed by atoms with Gasteiger partial charge in [-0.15, -0.1) is 5.10 Å². The average Bonchev–Trinajstić information content (AvgIpc) is 3.00. The highest BCUT2D eigenvalue weighted by molar-refractivity contribution is 9.13. The molecule has 0 aliphatic rings. The van der Waals surface area contributed by atoms with E-state index in [0.29, 0.717) is 26.6 Å². The van der Waals surface area contributed by atoms with Gasteiger partial charge in [0.1, 0.15) is 5.52 Å². The van der Waals surface area contributed by atoms with E-state index in [1.807, 2.05) is 0 Å². The van der Waals surface area contributed by atoms with Gasteiger partial charge in [0.15, 0.2) is 5.70 Å². The van der Waals surface area contributed by atoms with Crippen LogP contribution in [0.5, 0.6) is 0 Å². The fourth-order valence-corrected chi connectivity index (χ4v) is 3.35.